The molecule has 0 amide bonds. The lowest BCUT2D eigenvalue weighted by Crippen LogP contribution is -2.43. The maximum Gasteiger partial charge on any atom is 0.194 e. The molecule has 0 N–H and O–H groups in total. The Bertz CT molecular complexity index is 1210. The van der Waals surface area contributed by atoms with Crippen LogP contribution in [0.1, 0.15) is 11.7 Å². The van der Waals surface area contributed by atoms with Crippen molar-refractivity contribution in [2.24, 2.45) is 0 Å². The molecule has 1 atom stereocenters. The smallest absolute Gasteiger partial charge is 0.194 e. The Hall–Kier alpha value is -3.07. The highest BCUT2D eigenvalue weighted by Gasteiger charge is 2.35. The molecule has 4 aromatic rings. The van der Waals surface area contributed by atoms with Crippen molar-refractivity contribution in [3.05, 3.63) is 72.7 Å². The van der Waals surface area contributed by atoms with Gasteiger partial charge in [0.1, 0.15) is 11.2 Å². The monoisotopic (exact) mass is 428 g/mol. The van der Waals surface area contributed by atoms with Gasteiger partial charge in [0.05, 0.1) is 13.2 Å². The Morgan fingerprint density at radius 2 is 1.74 bits per heavy atom. The minimum atomic E-state index is -0.0607. The molecule has 0 aliphatic carbocycles. The van der Waals surface area contributed by atoms with Crippen LogP contribution in [-0.4, -0.2) is 55.9 Å². The van der Waals surface area contributed by atoms with E-state index in [0.29, 0.717) is 19.0 Å². The summed E-state index contributed by atoms with van der Waals surface area (Å²) in [5, 5.41) is 6.77. The number of ether oxygens (including phenoxy) is 1. The van der Waals surface area contributed by atoms with E-state index < -0.39 is 0 Å². The average molecular weight is 429 g/mol. The van der Waals surface area contributed by atoms with Crippen LogP contribution in [0.15, 0.2) is 77.3 Å². The molecule has 1 saturated heterocycles. The first-order valence-corrected chi connectivity index (χ1v) is 11.1. The fourth-order valence-electron chi connectivity index (χ4n) is 4.08. The minimum Gasteiger partial charge on any atom is -0.379 e. The molecule has 6 rings (SSSR count). The second-order valence-corrected chi connectivity index (χ2v) is 8.46. The van der Waals surface area contributed by atoms with Gasteiger partial charge in [0.2, 0.25) is 0 Å². The summed E-state index contributed by atoms with van der Waals surface area (Å²) in [5.74, 6) is 0.708. The molecule has 3 aromatic heterocycles. The van der Waals surface area contributed by atoms with Gasteiger partial charge in [-0.05, 0) is 35.5 Å². The van der Waals surface area contributed by atoms with Crippen molar-refractivity contribution in [3.63, 3.8) is 0 Å². The first-order valence-electron chi connectivity index (χ1n) is 10.3. The van der Waals surface area contributed by atoms with Crippen LogP contribution in [0.4, 0.5) is 0 Å². The molecule has 0 bridgehead atoms. The van der Waals surface area contributed by atoms with Crippen molar-refractivity contribution in [2.45, 2.75) is 16.3 Å². The molecule has 8 heteroatoms. The van der Waals surface area contributed by atoms with Crippen molar-refractivity contribution in [1.82, 2.24) is 29.6 Å². The Kier molecular flexibility index (Phi) is 4.75. The van der Waals surface area contributed by atoms with Crippen LogP contribution in [0, 0.1) is 0 Å². The van der Waals surface area contributed by atoms with E-state index >= 15 is 0 Å². The van der Waals surface area contributed by atoms with Crippen molar-refractivity contribution in [1.29, 1.82) is 0 Å². The molecular weight excluding hydrogens is 408 g/mol. The molecule has 5 heterocycles. The van der Waals surface area contributed by atoms with E-state index in [1.807, 2.05) is 29.1 Å². The molecule has 1 fully saturated rings. The quantitative estimate of drug-likeness (QED) is 0.492. The Morgan fingerprint density at radius 3 is 2.55 bits per heavy atom. The second kappa shape index (κ2) is 7.88. The molecule has 31 heavy (non-hydrogen) atoms. The van der Waals surface area contributed by atoms with E-state index in [9.17, 15) is 0 Å². The van der Waals surface area contributed by atoms with Gasteiger partial charge in [0.25, 0.3) is 0 Å². The largest absolute Gasteiger partial charge is 0.379 e. The average Bonchev–Trinajstić information content (AvgIpc) is 3.27. The van der Waals surface area contributed by atoms with E-state index in [1.54, 1.807) is 24.2 Å². The van der Waals surface area contributed by atoms with Gasteiger partial charge >= 0.3 is 0 Å². The highest BCUT2D eigenvalue weighted by Crippen LogP contribution is 2.43. The molecule has 154 valence electrons. The number of morpholine rings is 1. The number of benzene rings is 1. The predicted octanol–water partition coefficient (Wildman–Crippen LogP) is 3.75. The Labute approximate surface area is 184 Å². The van der Waals surface area contributed by atoms with Crippen LogP contribution in [0.25, 0.3) is 22.5 Å². The molecular formula is C23H20N6OS. The fraction of sp³-hybridized carbons (Fsp3) is 0.217. The summed E-state index contributed by atoms with van der Waals surface area (Å²) in [6.07, 6.45) is 5.43. The van der Waals surface area contributed by atoms with Crippen molar-refractivity contribution >= 4 is 11.8 Å². The van der Waals surface area contributed by atoms with Gasteiger partial charge in [-0.15, -0.1) is 5.10 Å². The van der Waals surface area contributed by atoms with Gasteiger partial charge in [0, 0.05) is 48.4 Å². The molecule has 2 aliphatic heterocycles. The first kappa shape index (κ1) is 18.7. The molecule has 0 spiro atoms. The minimum absolute atomic E-state index is 0.0607. The van der Waals surface area contributed by atoms with Crippen LogP contribution in [0.3, 0.4) is 0 Å². The van der Waals surface area contributed by atoms with Gasteiger partial charge in [-0.1, -0.05) is 30.3 Å². The number of pyridine rings is 2. The lowest BCUT2D eigenvalue weighted by molar-refractivity contribution is 0.00286. The third-order valence-electron chi connectivity index (χ3n) is 5.61. The van der Waals surface area contributed by atoms with Gasteiger partial charge in [0.15, 0.2) is 11.0 Å². The fourth-order valence-corrected chi connectivity index (χ4v) is 5.01. The lowest BCUT2D eigenvalue weighted by atomic mass is 10.0. The predicted molar refractivity (Wildman–Crippen MR) is 118 cm³/mol. The third kappa shape index (κ3) is 3.42. The number of fused-ring (bicyclic) bond motifs is 2. The summed E-state index contributed by atoms with van der Waals surface area (Å²) in [6, 6.07) is 16.5. The summed E-state index contributed by atoms with van der Waals surface area (Å²) in [7, 11) is 0. The zero-order valence-corrected chi connectivity index (χ0v) is 17.6. The van der Waals surface area contributed by atoms with Crippen LogP contribution in [-0.2, 0) is 4.74 Å². The maximum absolute atomic E-state index is 5.62. The van der Waals surface area contributed by atoms with Crippen LogP contribution in [0.2, 0.25) is 0 Å². The lowest BCUT2D eigenvalue weighted by Gasteiger charge is -2.37. The van der Waals surface area contributed by atoms with Gasteiger partial charge in [-0.3, -0.25) is 9.88 Å². The van der Waals surface area contributed by atoms with E-state index in [1.165, 1.54) is 0 Å². The SMILES string of the molecule is c1ccc(-c2cnc3c(c2)[C@H](N2CCOCC2)n2nc(-c4ccncc4)nc2S3)cc1. The van der Waals surface area contributed by atoms with E-state index in [0.717, 1.165) is 45.5 Å². The molecule has 2 aliphatic rings. The number of aromatic nitrogens is 5. The number of hydrogen-bond donors (Lipinski definition) is 0. The highest BCUT2D eigenvalue weighted by molar-refractivity contribution is 7.99. The summed E-state index contributed by atoms with van der Waals surface area (Å²) in [4.78, 5) is 16.2. The van der Waals surface area contributed by atoms with Crippen molar-refractivity contribution in [2.75, 3.05) is 26.3 Å². The van der Waals surface area contributed by atoms with Crippen molar-refractivity contribution < 1.29 is 4.74 Å². The summed E-state index contributed by atoms with van der Waals surface area (Å²) in [5.41, 5.74) is 4.38. The first-order chi connectivity index (χ1) is 15.4. The summed E-state index contributed by atoms with van der Waals surface area (Å²) in [6.45, 7) is 3.11. The molecule has 1 aromatic carbocycles. The maximum atomic E-state index is 5.62. The highest BCUT2D eigenvalue weighted by atomic mass is 32.2. The normalized spacial score (nSPS) is 18.4. The Morgan fingerprint density at radius 1 is 0.935 bits per heavy atom. The zero-order chi connectivity index (χ0) is 20.6. The number of rotatable bonds is 3. The van der Waals surface area contributed by atoms with E-state index in [4.69, 9.17) is 19.8 Å². The van der Waals surface area contributed by atoms with Crippen molar-refractivity contribution in [3.8, 4) is 22.5 Å². The summed E-state index contributed by atoms with van der Waals surface area (Å²) >= 11 is 1.57. The number of nitrogens with zero attached hydrogens (tertiary/aromatic N) is 6. The molecule has 0 saturated carbocycles. The van der Waals surface area contributed by atoms with Gasteiger partial charge in [-0.25, -0.2) is 14.6 Å². The topological polar surface area (TPSA) is 69.0 Å². The third-order valence-corrected chi connectivity index (χ3v) is 6.61. The van der Waals surface area contributed by atoms with Crippen LogP contribution < -0.4 is 0 Å². The van der Waals surface area contributed by atoms with Gasteiger partial charge < -0.3 is 4.74 Å². The molecule has 7 nitrogen and oxygen atoms in total. The molecule has 0 radical (unpaired) electrons. The second-order valence-electron chi connectivity index (χ2n) is 7.51. The van der Waals surface area contributed by atoms with E-state index in [2.05, 4.69) is 40.2 Å². The van der Waals surface area contributed by atoms with Crippen LogP contribution >= 0.6 is 11.8 Å². The van der Waals surface area contributed by atoms with Crippen LogP contribution in [0.5, 0.6) is 0 Å². The summed E-state index contributed by atoms with van der Waals surface area (Å²) < 4.78 is 7.67. The van der Waals surface area contributed by atoms with E-state index in [-0.39, 0.29) is 6.17 Å². The number of hydrogen-bond acceptors (Lipinski definition) is 7. The zero-order valence-electron chi connectivity index (χ0n) is 16.8. The standard InChI is InChI=1S/C23H20N6OS/c1-2-4-16(5-3-1)18-14-19-21(25-15-18)31-23-26-20(17-6-8-24-9-7-17)27-29(23)22(19)28-10-12-30-13-11-28/h1-9,14-15,22H,10-13H2/t22-/m1/s1. The molecule has 0 unspecified atom stereocenters. The Balaban J connectivity index is 1.48. The van der Waals surface area contributed by atoms with Gasteiger partial charge in [-0.2, -0.15) is 0 Å².